The van der Waals surface area contributed by atoms with E-state index in [4.69, 9.17) is 5.14 Å². The highest BCUT2D eigenvalue weighted by Gasteiger charge is 2.31. The highest BCUT2D eigenvalue weighted by atomic mass is 32.2. The molecular formula is C8H13N3O4S3. The molecule has 0 aliphatic carbocycles. The van der Waals surface area contributed by atoms with Crippen molar-refractivity contribution in [2.45, 2.75) is 4.21 Å². The lowest BCUT2D eigenvalue weighted by Crippen LogP contribution is -2.52. The summed E-state index contributed by atoms with van der Waals surface area (Å²) in [4.78, 5) is 0. The van der Waals surface area contributed by atoms with Crippen molar-refractivity contribution in [3.05, 3.63) is 17.5 Å². The number of nitrogens with two attached hydrogens (primary N) is 1. The fourth-order valence-electron chi connectivity index (χ4n) is 1.70. The van der Waals surface area contributed by atoms with E-state index >= 15 is 0 Å². The zero-order chi connectivity index (χ0) is 13.4. The summed E-state index contributed by atoms with van der Waals surface area (Å²) in [5.41, 5.74) is 0. The summed E-state index contributed by atoms with van der Waals surface area (Å²) in [7, 11) is -7.23. The standard InChI is InChI=1S/C8H13N3O4S3/c9-18(14,15)11-5-3-10(4-6-11)17(12,13)8-2-1-7-16-8/h1-2,7H,3-6H2,(H2,9,14,15). The van der Waals surface area contributed by atoms with Gasteiger partial charge >= 0.3 is 0 Å². The molecule has 18 heavy (non-hydrogen) atoms. The number of nitrogens with zero attached hydrogens (tertiary/aromatic N) is 2. The van der Waals surface area contributed by atoms with Crippen LogP contribution in [0.15, 0.2) is 21.7 Å². The van der Waals surface area contributed by atoms with Gasteiger partial charge in [0, 0.05) is 26.2 Å². The van der Waals surface area contributed by atoms with E-state index in [-0.39, 0.29) is 30.4 Å². The second-order valence-electron chi connectivity index (χ2n) is 3.78. The van der Waals surface area contributed by atoms with Gasteiger partial charge in [-0.2, -0.15) is 17.0 Å². The first-order chi connectivity index (χ1) is 8.32. The van der Waals surface area contributed by atoms with E-state index < -0.39 is 20.2 Å². The molecule has 102 valence electrons. The van der Waals surface area contributed by atoms with Gasteiger partial charge in [-0.15, -0.1) is 11.3 Å². The average molecular weight is 311 g/mol. The minimum absolute atomic E-state index is 0.0867. The number of hydrogen-bond donors (Lipinski definition) is 1. The van der Waals surface area contributed by atoms with Gasteiger partial charge in [-0.3, -0.25) is 0 Å². The van der Waals surface area contributed by atoms with Crippen LogP contribution >= 0.6 is 11.3 Å². The predicted molar refractivity (Wildman–Crippen MR) is 67.8 cm³/mol. The van der Waals surface area contributed by atoms with Gasteiger partial charge < -0.3 is 0 Å². The van der Waals surface area contributed by atoms with Crippen LogP contribution in [0.2, 0.25) is 0 Å². The Bertz CT molecular complexity index is 600. The van der Waals surface area contributed by atoms with Crippen LogP contribution in [0, 0.1) is 0 Å². The molecular weight excluding hydrogens is 298 g/mol. The predicted octanol–water partition coefficient (Wildman–Crippen LogP) is -0.742. The van der Waals surface area contributed by atoms with Crippen LogP contribution in [0.3, 0.4) is 0 Å². The fraction of sp³-hybridized carbons (Fsp3) is 0.500. The van der Waals surface area contributed by atoms with Gasteiger partial charge in [0.25, 0.3) is 20.2 Å². The molecule has 1 fully saturated rings. The fourth-order valence-corrected chi connectivity index (χ4v) is 4.94. The summed E-state index contributed by atoms with van der Waals surface area (Å²) >= 11 is 1.14. The molecule has 0 saturated carbocycles. The summed E-state index contributed by atoms with van der Waals surface area (Å²) in [5.74, 6) is 0. The lowest BCUT2D eigenvalue weighted by molar-refractivity contribution is 0.273. The maximum atomic E-state index is 12.1. The SMILES string of the molecule is NS(=O)(=O)N1CCN(S(=O)(=O)c2cccs2)CC1. The zero-order valence-electron chi connectivity index (χ0n) is 9.39. The van der Waals surface area contributed by atoms with Crippen molar-refractivity contribution in [2.24, 2.45) is 5.14 Å². The third-order valence-electron chi connectivity index (χ3n) is 2.65. The maximum Gasteiger partial charge on any atom is 0.276 e. The van der Waals surface area contributed by atoms with Crippen molar-refractivity contribution in [3.8, 4) is 0 Å². The molecule has 2 N–H and O–H groups in total. The second-order valence-corrected chi connectivity index (χ2v) is 8.44. The van der Waals surface area contributed by atoms with Crippen molar-refractivity contribution in [2.75, 3.05) is 26.2 Å². The summed E-state index contributed by atoms with van der Waals surface area (Å²) in [6.07, 6.45) is 0. The Morgan fingerprint density at radius 1 is 1.06 bits per heavy atom. The second kappa shape index (κ2) is 4.87. The number of thiophene rings is 1. The lowest BCUT2D eigenvalue weighted by atomic mass is 10.4. The first-order valence-corrected chi connectivity index (χ1v) is 8.95. The van der Waals surface area contributed by atoms with Crippen LogP contribution in [0.1, 0.15) is 0 Å². The topological polar surface area (TPSA) is 101 Å². The lowest BCUT2D eigenvalue weighted by Gasteiger charge is -2.31. The number of rotatable bonds is 3. The van der Waals surface area contributed by atoms with E-state index in [0.717, 1.165) is 15.6 Å². The molecule has 1 aliphatic rings. The molecule has 0 unspecified atom stereocenters. The average Bonchev–Trinajstić information content (AvgIpc) is 2.82. The van der Waals surface area contributed by atoms with Gasteiger partial charge in [0.15, 0.2) is 0 Å². The highest BCUT2D eigenvalue weighted by Crippen LogP contribution is 2.22. The van der Waals surface area contributed by atoms with E-state index in [1.807, 2.05) is 0 Å². The highest BCUT2D eigenvalue weighted by molar-refractivity contribution is 7.91. The summed E-state index contributed by atoms with van der Waals surface area (Å²) in [6.45, 7) is 0.417. The van der Waals surface area contributed by atoms with Crippen LogP contribution in [0.5, 0.6) is 0 Å². The van der Waals surface area contributed by atoms with Crippen molar-refractivity contribution in [3.63, 3.8) is 0 Å². The van der Waals surface area contributed by atoms with E-state index in [9.17, 15) is 16.8 Å². The molecule has 0 spiro atoms. The third kappa shape index (κ3) is 2.73. The van der Waals surface area contributed by atoms with Crippen molar-refractivity contribution < 1.29 is 16.8 Å². The molecule has 0 radical (unpaired) electrons. The first-order valence-electron chi connectivity index (χ1n) is 5.13. The Balaban J connectivity index is 2.11. The minimum Gasteiger partial charge on any atom is -0.216 e. The van der Waals surface area contributed by atoms with Crippen molar-refractivity contribution in [1.82, 2.24) is 8.61 Å². The molecule has 1 aliphatic heterocycles. The van der Waals surface area contributed by atoms with Gasteiger partial charge in [0.1, 0.15) is 4.21 Å². The third-order valence-corrected chi connectivity index (χ3v) is 7.00. The van der Waals surface area contributed by atoms with Crippen LogP contribution < -0.4 is 5.14 Å². The molecule has 7 nitrogen and oxygen atoms in total. The number of piperazine rings is 1. The Morgan fingerprint density at radius 3 is 2.06 bits per heavy atom. The summed E-state index contributed by atoms with van der Waals surface area (Å²) < 4.78 is 49.1. The van der Waals surface area contributed by atoms with Crippen LogP contribution in [0.25, 0.3) is 0 Å². The van der Waals surface area contributed by atoms with Gasteiger partial charge in [-0.25, -0.2) is 13.6 Å². The largest absolute Gasteiger partial charge is 0.276 e. The summed E-state index contributed by atoms with van der Waals surface area (Å²) in [6, 6.07) is 3.20. The van der Waals surface area contributed by atoms with Crippen molar-refractivity contribution in [1.29, 1.82) is 0 Å². The summed E-state index contributed by atoms with van der Waals surface area (Å²) in [5, 5.41) is 6.68. The molecule has 0 amide bonds. The zero-order valence-corrected chi connectivity index (χ0v) is 11.8. The van der Waals surface area contributed by atoms with Gasteiger partial charge in [-0.1, -0.05) is 6.07 Å². The quantitative estimate of drug-likeness (QED) is 0.794. The smallest absolute Gasteiger partial charge is 0.216 e. The monoisotopic (exact) mass is 311 g/mol. The Hall–Kier alpha value is -0.520. The normalized spacial score (nSPS) is 20.1. The number of sulfonamides is 1. The van der Waals surface area contributed by atoms with E-state index in [1.54, 1.807) is 11.4 Å². The molecule has 2 rings (SSSR count). The first kappa shape index (κ1) is 13.9. The molecule has 0 bridgehead atoms. The van der Waals surface area contributed by atoms with E-state index in [0.29, 0.717) is 0 Å². The molecule has 0 aromatic carbocycles. The van der Waals surface area contributed by atoms with Crippen LogP contribution in [0.4, 0.5) is 0 Å². The van der Waals surface area contributed by atoms with E-state index in [1.165, 1.54) is 10.4 Å². The Morgan fingerprint density at radius 2 is 1.61 bits per heavy atom. The molecule has 10 heteroatoms. The maximum absolute atomic E-state index is 12.1. The Kier molecular flexibility index (Phi) is 3.76. The minimum atomic E-state index is -3.73. The molecule has 2 heterocycles. The number of hydrogen-bond acceptors (Lipinski definition) is 5. The van der Waals surface area contributed by atoms with Crippen LogP contribution in [-0.2, 0) is 20.2 Å². The molecule has 1 aromatic rings. The van der Waals surface area contributed by atoms with E-state index in [2.05, 4.69) is 0 Å². The molecule has 1 saturated heterocycles. The van der Waals surface area contributed by atoms with Crippen LogP contribution in [-0.4, -0.2) is 51.6 Å². The van der Waals surface area contributed by atoms with Gasteiger partial charge in [0.2, 0.25) is 0 Å². The van der Waals surface area contributed by atoms with Gasteiger partial charge in [-0.05, 0) is 11.4 Å². The van der Waals surface area contributed by atoms with Gasteiger partial charge in [0.05, 0.1) is 0 Å². The van der Waals surface area contributed by atoms with Crippen molar-refractivity contribution >= 4 is 31.6 Å². The molecule has 1 aromatic heterocycles. The molecule has 0 atom stereocenters. The Labute approximate surface area is 110 Å².